The van der Waals surface area contributed by atoms with Crippen molar-refractivity contribution in [2.45, 2.75) is 84.5 Å². The lowest BCUT2D eigenvalue weighted by molar-refractivity contribution is -0.121. The number of carbonyl (C=O) groups excluding carboxylic acids is 1. The van der Waals surface area contributed by atoms with E-state index in [-0.39, 0.29) is 28.9 Å². The zero-order chi connectivity index (χ0) is 29.4. The Balaban J connectivity index is 1.78. The summed E-state index contributed by atoms with van der Waals surface area (Å²) in [6.45, 7) is 10.5. The van der Waals surface area contributed by atoms with E-state index in [1.807, 2.05) is 13.0 Å². The number of aryl methyl sites for hydroxylation is 3. The Kier molecular flexibility index (Phi) is 8.13. The summed E-state index contributed by atoms with van der Waals surface area (Å²) < 4.78 is 28.3. The third-order valence-electron chi connectivity index (χ3n) is 7.61. The molecule has 8 heteroatoms. The van der Waals surface area contributed by atoms with Gasteiger partial charge >= 0.3 is 0 Å². The molecule has 2 aromatic carbocycles. The average molecular weight is 551 g/mol. The minimum atomic E-state index is -1.13. The molecule has 1 saturated carbocycles. The number of amides is 1. The summed E-state index contributed by atoms with van der Waals surface area (Å²) in [7, 11) is 1.67. The first-order chi connectivity index (χ1) is 18.6. The lowest BCUT2D eigenvalue weighted by Gasteiger charge is -2.38. The summed E-state index contributed by atoms with van der Waals surface area (Å²) in [5.74, 6) is 1.05. The van der Waals surface area contributed by atoms with Crippen LogP contribution in [0.3, 0.4) is 0 Å². The Bertz CT molecular complexity index is 1460. The second-order valence-corrected chi connectivity index (χ2v) is 11.8. The Morgan fingerprint density at radius 1 is 1.07 bits per heavy atom. The molecule has 0 atom stereocenters. The van der Waals surface area contributed by atoms with Crippen molar-refractivity contribution in [2.75, 3.05) is 0 Å². The van der Waals surface area contributed by atoms with E-state index in [0.717, 1.165) is 12.8 Å². The lowest BCUT2D eigenvalue weighted by Crippen LogP contribution is -2.48. The van der Waals surface area contributed by atoms with Crippen LogP contribution in [0.1, 0.15) is 70.1 Å². The Hall–Kier alpha value is -3.65. The van der Waals surface area contributed by atoms with Crippen LogP contribution in [-0.2, 0) is 17.4 Å². The molecule has 40 heavy (non-hydrogen) atoms. The van der Waals surface area contributed by atoms with Crippen molar-refractivity contribution in [3.63, 3.8) is 0 Å². The Labute approximate surface area is 235 Å². The van der Waals surface area contributed by atoms with Gasteiger partial charge in [-0.1, -0.05) is 6.07 Å². The fraction of sp³-hybridized carbons (Fsp3) is 0.438. The number of ether oxygens (including phenoxy) is 2. The highest BCUT2D eigenvalue weighted by Gasteiger charge is 2.33. The second kappa shape index (κ2) is 11.1. The van der Waals surface area contributed by atoms with Crippen molar-refractivity contribution in [1.29, 1.82) is 0 Å². The minimum Gasteiger partial charge on any atom is -0.490 e. The van der Waals surface area contributed by atoms with Gasteiger partial charge in [-0.05, 0) is 101 Å². The predicted octanol–water partition coefficient (Wildman–Crippen LogP) is 6.04. The van der Waals surface area contributed by atoms with E-state index in [2.05, 4.69) is 5.32 Å². The molecule has 3 aromatic rings. The fourth-order valence-electron chi connectivity index (χ4n) is 5.37. The average Bonchev–Trinajstić information content (AvgIpc) is 2.84. The minimum absolute atomic E-state index is 0.0541. The molecule has 0 unspecified atom stereocenters. The molecular weight excluding hydrogens is 511 g/mol. The summed E-state index contributed by atoms with van der Waals surface area (Å²) in [6, 6.07) is 9.73. The lowest BCUT2D eigenvalue weighted by atomic mass is 9.81. The van der Waals surface area contributed by atoms with Crippen LogP contribution >= 0.6 is 0 Å². The molecule has 0 saturated heterocycles. The highest BCUT2D eigenvalue weighted by molar-refractivity contribution is 5.77. The van der Waals surface area contributed by atoms with Crippen LogP contribution in [0.25, 0.3) is 11.1 Å². The summed E-state index contributed by atoms with van der Waals surface area (Å²) >= 11 is 0. The van der Waals surface area contributed by atoms with E-state index in [0.29, 0.717) is 57.9 Å². The van der Waals surface area contributed by atoms with Gasteiger partial charge in [0.15, 0.2) is 0 Å². The number of halogens is 1. The molecule has 0 bridgehead atoms. The van der Waals surface area contributed by atoms with Crippen molar-refractivity contribution in [3.05, 3.63) is 75.5 Å². The van der Waals surface area contributed by atoms with Gasteiger partial charge in [0.2, 0.25) is 5.91 Å². The zero-order valence-corrected chi connectivity index (χ0v) is 24.4. The van der Waals surface area contributed by atoms with Crippen LogP contribution in [0, 0.1) is 19.7 Å². The van der Waals surface area contributed by atoms with Crippen LogP contribution in [0.4, 0.5) is 4.39 Å². The quantitative estimate of drug-likeness (QED) is 0.374. The second-order valence-electron chi connectivity index (χ2n) is 11.8. The van der Waals surface area contributed by atoms with Gasteiger partial charge in [0, 0.05) is 42.9 Å². The third-order valence-corrected chi connectivity index (χ3v) is 7.61. The van der Waals surface area contributed by atoms with Gasteiger partial charge in [-0.3, -0.25) is 9.59 Å². The number of nitrogens with one attached hydrogen (secondary N) is 1. The van der Waals surface area contributed by atoms with Crippen molar-refractivity contribution in [3.8, 4) is 28.4 Å². The number of hydrogen-bond donors (Lipinski definition) is 2. The number of carbonyl (C=O) groups is 1. The molecule has 0 radical (unpaired) electrons. The van der Waals surface area contributed by atoms with Gasteiger partial charge < -0.3 is 24.5 Å². The number of nitrogens with zero attached hydrogens (tertiary/aromatic N) is 1. The van der Waals surface area contributed by atoms with Crippen molar-refractivity contribution in [1.82, 2.24) is 9.88 Å². The predicted molar refractivity (Wildman–Crippen MR) is 153 cm³/mol. The fourth-order valence-corrected chi connectivity index (χ4v) is 5.37. The van der Waals surface area contributed by atoms with E-state index in [1.54, 1.807) is 53.1 Å². The first-order valence-electron chi connectivity index (χ1n) is 13.6. The van der Waals surface area contributed by atoms with Crippen LogP contribution in [-0.4, -0.2) is 27.2 Å². The van der Waals surface area contributed by atoms with Crippen molar-refractivity contribution in [2.24, 2.45) is 7.05 Å². The van der Waals surface area contributed by atoms with Crippen molar-refractivity contribution < 1.29 is 23.8 Å². The van der Waals surface area contributed by atoms with Gasteiger partial charge in [0.05, 0.1) is 11.7 Å². The maximum atomic E-state index is 14.0. The van der Waals surface area contributed by atoms with Crippen LogP contribution < -0.4 is 20.3 Å². The molecule has 2 N–H and O–H groups in total. The molecule has 214 valence electrons. The van der Waals surface area contributed by atoms with E-state index in [1.165, 1.54) is 29.7 Å². The SMILES string of the molecule is CC(=O)N[C@]1(C)CC[C@@H](Oc2cc(=O)n(C)cc2-c2cc(C(C)(C)O)ccc2Oc2c(C)cc(F)cc2C)CC1. The molecule has 1 aliphatic carbocycles. The van der Waals surface area contributed by atoms with Crippen LogP contribution in [0.2, 0.25) is 0 Å². The molecule has 1 aliphatic rings. The number of pyridine rings is 1. The molecule has 0 spiro atoms. The Morgan fingerprint density at radius 3 is 2.27 bits per heavy atom. The van der Waals surface area contributed by atoms with Crippen molar-refractivity contribution >= 4 is 5.91 Å². The molecule has 1 aromatic heterocycles. The maximum absolute atomic E-state index is 14.0. The zero-order valence-electron chi connectivity index (χ0n) is 24.4. The number of rotatable bonds is 7. The molecular formula is C32H39FN2O5. The van der Waals surface area contributed by atoms with Gasteiger partial charge in [-0.15, -0.1) is 0 Å². The van der Waals surface area contributed by atoms with Gasteiger partial charge in [0.1, 0.15) is 23.1 Å². The van der Waals surface area contributed by atoms with Crippen LogP contribution in [0.15, 0.2) is 47.4 Å². The summed E-state index contributed by atoms with van der Waals surface area (Å²) in [4.78, 5) is 24.4. The van der Waals surface area contributed by atoms with E-state index in [4.69, 9.17) is 9.47 Å². The molecule has 1 fully saturated rings. The molecule has 1 heterocycles. The Morgan fingerprint density at radius 2 is 1.70 bits per heavy atom. The standard InChI is InChI=1S/C32H39FN2O5/c1-19-14-23(33)15-20(2)30(19)40-27-9-8-22(31(4,5)38)16-25(27)26-18-35(7)29(37)17-28(26)39-24-10-12-32(6,13-11-24)34-21(3)36/h8-9,14-18,24,38H,10-13H2,1-7H3,(H,34,36)/t24-,32-. The van der Waals surface area contributed by atoms with E-state index in [9.17, 15) is 19.1 Å². The third kappa shape index (κ3) is 6.55. The number of hydrogen-bond acceptors (Lipinski definition) is 5. The van der Waals surface area contributed by atoms with Gasteiger partial charge in [-0.25, -0.2) is 4.39 Å². The van der Waals surface area contributed by atoms with Gasteiger partial charge in [-0.2, -0.15) is 0 Å². The molecule has 0 aliphatic heterocycles. The number of benzene rings is 2. The first-order valence-corrected chi connectivity index (χ1v) is 13.6. The number of aliphatic hydroxyl groups is 1. The normalized spacial score (nSPS) is 19.3. The molecule has 7 nitrogen and oxygen atoms in total. The van der Waals surface area contributed by atoms with E-state index < -0.39 is 5.60 Å². The summed E-state index contributed by atoms with van der Waals surface area (Å²) in [5.41, 5.74) is 1.59. The molecule has 1 amide bonds. The summed E-state index contributed by atoms with van der Waals surface area (Å²) in [6.07, 6.45) is 4.50. The smallest absolute Gasteiger partial charge is 0.254 e. The summed E-state index contributed by atoms with van der Waals surface area (Å²) in [5, 5.41) is 13.8. The van der Waals surface area contributed by atoms with E-state index >= 15 is 0 Å². The topological polar surface area (TPSA) is 89.8 Å². The molecule has 4 rings (SSSR count). The highest BCUT2D eigenvalue weighted by Crippen LogP contribution is 2.42. The first kappa shape index (κ1) is 29.3. The largest absolute Gasteiger partial charge is 0.490 e. The monoisotopic (exact) mass is 550 g/mol. The highest BCUT2D eigenvalue weighted by atomic mass is 19.1. The maximum Gasteiger partial charge on any atom is 0.254 e. The van der Waals surface area contributed by atoms with Crippen LogP contribution in [0.5, 0.6) is 17.2 Å². The number of aromatic nitrogens is 1. The van der Waals surface area contributed by atoms with Gasteiger partial charge in [0.25, 0.3) is 5.56 Å².